The molecular weight excluding hydrogens is 290 g/mol. The molecule has 0 aliphatic heterocycles. The Bertz CT molecular complexity index is 1030. The minimum Gasteiger partial charge on any atom is -0.261 e. The van der Waals surface area contributed by atoms with E-state index in [2.05, 4.69) is 65.6 Å². The van der Waals surface area contributed by atoms with Crippen LogP contribution in [0, 0.1) is 0 Å². The molecular formula is C23H19N. The molecule has 0 fully saturated rings. The maximum absolute atomic E-state index is 4.61. The monoisotopic (exact) mass is 309 g/mol. The van der Waals surface area contributed by atoms with Crippen LogP contribution in [0.25, 0.3) is 21.5 Å². The van der Waals surface area contributed by atoms with E-state index in [0.29, 0.717) is 5.92 Å². The minimum atomic E-state index is 0.538. The fourth-order valence-electron chi connectivity index (χ4n) is 4.22. The van der Waals surface area contributed by atoms with Gasteiger partial charge in [-0.15, -0.1) is 0 Å². The lowest BCUT2D eigenvalue weighted by Crippen LogP contribution is -2.14. The molecule has 116 valence electrons. The molecule has 0 radical (unpaired) electrons. The van der Waals surface area contributed by atoms with Crippen LogP contribution in [0.2, 0.25) is 0 Å². The van der Waals surface area contributed by atoms with Crippen LogP contribution >= 0.6 is 0 Å². The van der Waals surface area contributed by atoms with Gasteiger partial charge in [0.25, 0.3) is 0 Å². The molecule has 1 unspecified atom stereocenters. The van der Waals surface area contributed by atoms with Crippen LogP contribution in [-0.4, -0.2) is 4.98 Å². The number of aromatic nitrogens is 1. The number of pyridine rings is 1. The molecule has 1 aliphatic rings. The molecule has 4 aromatic rings. The van der Waals surface area contributed by atoms with Crippen LogP contribution in [-0.2, 0) is 12.8 Å². The zero-order valence-corrected chi connectivity index (χ0v) is 13.6. The van der Waals surface area contributed by atoms with E-state index in [1.54, 1.807) is 0 Å². The lowest BCUT2D eigenvalue weighted by Gasteiger charge is -2.26. The normalized spacial score (nSPS) is 17.1. The van der Waals surface area contributed by atoms with Crippen LogP contribution in [0.3, 0.4) is 0 Å². The molecule has 1 nitrogen and oxygen atoms in total. The summed E-state index contributed by atoms with van der Waals surface area (Å²) in [5.41, 5.74) is 4.28. The predicted molar refractivity (Wildman–Crippen MR) is 100 cm³/mol. The van der Waals surface area contributed by atoms with Gasteiger partial charge in [-0.1, -0.05) is 54.6 Å². The molecule has 0 bridgehead atoms. The first kappa shape index (κ1) is 13.7. The number of aryl methyl sites for hydroxylation is 1. The van der Waals surface area contributed by atoms with Crippen LogP contribution in [0.1, 0.15) is 29.2 Å². The molecule has 0 N–H and O–H groups in total. The fraction of sp³-hybridized carbons (Fsp3) is 0.174. The molecule has 0 saturated heterocycles. The maximum Gasteiger partial charge on any atom is 0.0437 e. The molecule has 0 amide bonds. The Morgan fingerprint density at radius 2 is 1.62 bits per heavy atom. The first-order valence-electron chi connectivity index (χ1n) is 8.73. The Morgan fingerprint density at radius 1 is 0.750 bits per heavy atom. The largest absolute Gasteiger partial charge is 0.261 e. The highest BCUT2D eigenvalue weighted by Gasteiger charge is 2.22. The van der Waals surface area contributed by atoms with Crippen molar-refractivity contribution in [2.24, 2.45) is 0 Å². The predicted octanol–water partition coefficient (Wildman–Crippen LogP) is 5.66. The summed E-state index contributed by atoms with van der Waals surface area (Å²) >= 11 is 0. The summed E-state index contributed by atoms with van der Waals surface area (Å²) in [6, 6.07) is 24.2. The van der Waals surface area contributed by atoms with E-state index >= 15 is 0 Å². The van der Waals surface area contributed by atoms with Crippen LogP contribution < -0.4 is 0 Å². The molecule has 1 aliphatic carbocycles. The third-order valence-electron chi connectivity index (χ3n) is 5.45. The van der Waals surface area contributed by atoms with E-state index < -0.39 is 0 Å². The van der Waals surface area contributed by atoms with Crippen molar-refractivity contribution in [3.63, 3.8) is 0 Å². The topological polar surface area (TPSA) is 12.9 Å². The lowest BCUT2D eigenvalue weighted by molar-refractivity contribution is 0.574. The van der Waals surface area contributed by atoms with Crippen LogP contribution in [0.5, 0.6) is 0 Å². The average molecular weight is 309 g/mol. The molecule has 5 rings (SSSR count). The van der Waals surface area contributed by atoms with Gasteiger partial charge in [0.05, 0.1) is 0 Å². The van der Waals surface area contributed by atoms with Gasteiger partial charge >= 0.3 is 0 Å². The second-order valence-corrected chi connectivity index (χ2v) is 6.78. The Morgan fingerprint density at radius 3 is 2.54 bits per heavy atom. The van der Waals surface area contributed by atoms with E-state index in [4.69, 9.17) is 0 Å². The standard InChI is InChI=1S/C23H19N/c1-2-6-19-16(5-1)10-13-21-20(19)12-11-17-8-9-18(15-22(17)21)23-7-3-4-14-24-23/h1-7,10-14,18H,8-9,15H2. The number of rotatable bonds is 1. The van der Waals surface area contributed by atoms with Gasteiger partial charge in [0.15, 0.2) is 0 Å². The van der Waals surface area contributed by atoms with Gasteiger partial charge in [0.1, 0.15) is 0 Å². The highest BCUT2D eigenvalue weighted by Crippen LogP contribution is 2.37. The van der Waals surface area contributed by atoms with Crippen molar-refractivity contribution in [3.05, 3.63) is 89.7 Å². The highest BCUT2D eigenvalue weighted by molar-refractivity contribution is 6.08. The third kappa shape index (κ3) is 2.12. The third-order valence-corrected chi connectivity index (χ3v) is 5.45. The van der Waals surface area contributed by atoms with Gasteiger partial charge in [0, 0.05) is 17.8 Å². The zero-order chi connectivity index (χ0) is 15.9. The van der Waals surface area contributed by atoms with E-state index in [1.807, 2.05) is 12.3 Å². The summed E-state index contributed by atoms with van der Waals surface area (Å²) in [7, 11) is 0. The quantitative estimate of drug-likeness (QED) is 0.413. The second kappa shape index (κ2) is 5.45. The Kier molecular flexibility index (Phi) is 3.12. The maximum atomic E-state index is 4.61. The van der Waals surface area contributed by atoms with Gasteiger partial charge in [-0.25, -0.2) is 0 Å². The van der Waals surface area contributed by atoms with E-state index in [-0.39, 0.29) is 0 Å². The molecule has 1 heterocycles. The highest BCUT2D eigenvalue weighted by atomic mass is 14.7. The summed E-state index contributed by atoms with van der Waals surface area (Å²) in [6.45, 7) is 0. The number of fused-ring (bicyclic) bond motifs is 5. The van der Waals surface area contributed by atoms with Gasteiger partial charge in [-0.2, -0.15) is 0 Å². The van der Waals surface area contributed by atoms with Crippen molar-refractivity contribution in [1.29, 1.82) is 0 Å². The second-order valence-electron chi connectivity index (χ2n) is 6.78. The summed E-state index contributed by atoms with van der Waals surface area (Å²) in [5, 5.41) is 5.49. The van der Waals surface area contributed by atoms with Crippen molar-refractivity contribution < 1.29 is 0 Å². The SMILES string of the molecule is c1ccc(C2CCc3ccc4c(ccc5ccccc54)c3C2)nc1. The van der Waals surface area contributed by atoms with Crippen molar-refractivity contribution in [2.75, 3.05) is 0 Å². The van der Waals surface area contributed by atoms with Gasteiger partial charge in [0.2, 0.25) is 0 Å². The fourth-order valence-corrected chi connectivity index (χ4v) is 4.22. The van der Waals surface area contributed by atoms with Gasteiger partial charge in [-0.3, -0.25) is 4.98 Å². The minimum absolute atomic E-state index is 0.538. The molecule has 1 atom stereocenters. The molecule has 0 spiro atoms. The van der Waals surface area contributed by atoms with E-state index in [0.717, 1.165) is 12.8 Å². The first-order valence-corrected chi connectivity index (χ1v) is 8.73. The number of hydrogen-bond donors (Lipinski definition) is 0. The van der Waals surface area contributed by atoms with Crippen LogP contribution in [0.4, 0.5) is 0 Å². The summed E-state index contributed by atoms with van der Waals surface area (Å²) in [6.07, 6.45) is 5.37. The van der Waals surface area contributed by atoms with Crippen molar-refractivity contribution in [3.8, 4) is 0 Å². The van der Waals surface area contributed by atoms with E-state index in [1.165, 1.54) is 44.8 Å². The number of benzene rings is 3. The summed E-state index contributed by atoms with van der Waals surface area (Å²) in [5.74, 6) is 0.538. The molecule has 24 heavy (non-hydrogen) atoms. The Labute approximate surface area is 142 Å². The first-order chi connectivity index (χ1) is 11.9. The lowest BCUT2D eigenvalue weighted by atomic mass is 9.79. The molecule has 3 aromatic carbocycles. The number of nitrogens with zero attached hydrogens (tertiary/aromatic N) is 1. The van der Waals surface area contributed by atoms with Gasteiger partial charge in [-0.05, 0) is 64.1 Å². The Hall–Kier alpha value is -2.67. The molecule has 0 saturated carbocycles. The van der Waals surface area contributed by atoms with Crippen molar-refractivity contribution >= 4 is 21.5 Å². The molecule has 1 aromatic heterocycles. The zero-order valence-electron chi connectivity index (χ0n) is 13.6. The molecule has 1 heteroatoms. The van der Waals surface area contributed by atoms with Crippen LogP contribution in [0.15, 0.2) is 72.9 Å². The Balaban J connectivity index is 1.69. The summed E-state index contributed by atoms with van der Waals surface area (Å²) < 4.78 is 0. The van der Waals surface area contributed by atoms with Gasteiger partial charge < -0.3 is 0 Å². The average Bonchev–Trinajstić information content (AvgIpc) is 2.67. The number of hydrogen-bond acceptors (Lipinski definition) is 1. The van der Waals surface area contributed by atoms with Crippen molar-refractivity contribution in [1.82, 2.24) is 4.98 Å². The smallest absolute Gasteiger partial charge is 0.0437 e. The summed E-state index contributed by atoms with van der Waals surface area (Å²) in [4.78, 5) is 4.61. The van der Waals surface area contributed by atoms with E-state index in [9.17, 15) is 0 Å². The van der Waals surface area contributed by atoms with Crippen molar-refractivity contribution in [2.45, 2.75) is 25.2 Å².